The number of carbonyl (C=O) groups excluding carboxylic acids is 2. The Morgan fingerprint density at radius 2 is 1.74 bits per heavy atom. The Morgan fingerprint density at radius 3 is 2.41 bits per heavy atom. The largest absolute Gasteiger partial charge is 0.496 e. The molecule has 0 fully saturated rings. The third kappa shape index (κ3) is 6.38. The Labute approximate surface area is 196 Å². The number of esters is 1. The van der Waals surface area contributed by atoms with E-state index >= 15 is 0 Å². The second-order valence-corrected chi connectivity index (χ2v) is 7.37. The van der Waals surface area contributed by atoms with Gasteiger partial charge >= 0.3 is 11.9 Å². The highest BCUT2D eigenvalue weighted by atomic mass is 16.5. The van der Waals surface area contributed by atoms with Gasteiger partial charge in [-0.3, -0.25) is 9.59 Å². The molecule has 2 aromatic carbocycles. The van der Waals surface area contributed by atoms with Crippen molar-refractivity contribution in [3.63, 3.8) is 0 Å². The van der Waals surface area contributed by atoms with Gasteiger partial charge in [0.25, 0.3) is 5.91 Å². The number of nitrogens with zero attached hydrogens (tertiary/aromatic N) is 2. The highest BCUT2D eigenvalue weighted by Gasteiger charge is 2.21. The molecule has 0 aliphatic carbocycles. The molecule has 1 atom stereocenters. The zero-order chi connectivity index (χ0) is 24.5. The van der Waals surface area contributed by atoms with Crippen LogP contribution in [0.4, 0.5) is 0 Å². The monoisotopic (exact) mass is 463 g/mol. The number of methoxy groups -OCH3 is 1. The van der Waals surface area contributed by atoms with E-state index in [0.29, 0.717) is 6.42 Å². The lowest BCUT2D eigenvalue weighted by Gasteiger charge is -2.18. The first-order valence-electron chi connectivity index (χ1n) is 10.7. The molecule has 1 amide bonds. The molecule has 0 aliphatic rings. The third-order valence-electron chi connectivity index (χ3n) is 5.03. The average Bonchev–Trinajstić information content (AvgIpc) is 2.84. The van der Waals surface area contributed by atoms with E-state index < -0.39 is 23.9 Å². The summed E-state index contributed by atoms with van der Waals surface area (Å²) in [4.78, 5) is 43.4. The van der Waals surface area contributed by atoms with Gasteiger partial charge in [-0.15, -0.1) is 0 Å². The fourth-order valence-electron chi connectivity index (χ4n) is 3.44. The van der Waals surface area contributed by atoms with E-state index in [1.54, 1.807) is 14.0 Å². The maximum atomic E-state index is 12.7. The molecule has 1 aromatic heterocycles. The number of benzene rings is 2. The van der Waals surface area contributed by atoms with Crippen molar-refractivity contribution < 1.29 is 29.0 Å². The number of carboxylic acid groups (broad SMARTS) is 1. The SMILES string of the molecule is CCOC(=O)C[C@@H](Cc1ccc(-c2ccccc2OC)cc1)NC(=O)c1cc(C(=O)O)ncn1. The lowest BCUT2D eigenvalue weighted by molar-refractivity contribution is -0.143. The summed E-state index contributed by atoms with van der Waals surface area (Å²) in [5.41, 5.74) is 2.41. The molecule has 0 radical (unpaired) electrons. The number of ether oxygens (including phenoxy) is 2. The van der Waals surface area contributed by atoms with Gasteiger partial charge in [-0.25, -0.2) is 14.8 Å². The van der Waals surface area contributed by atoms with Gasteiger partial charge < -0.3 is 19.9 Å². The highest BCUT2D eigenvalue weighted by Crippen LogP contribution is 2.29. The lowest BCUT2D eigenvalue weighted by atomic mass is 9.98. The van der Waals surface area contributed by atoms with E-state index in [4.69, 9.17) is 14.6 Å². The summed E-state index contributed by atoms with van der Waals surface area (Å²) in [6.07, 6.45) is 1.31. The fraction of sp³-hybridized carbons (Fsp3) is 0.240. The van der Waals surface area contributed by atoms with Gasteiger partial charge in [0.15, 0.2) is 5.69 Å². The number of para-hydroxylation sites is 1. The van der Waals surface area contributed by atoms with Crippen LogP contribution in [0.3, 0.4) is 0 Å². The van der Waals surface area contributed by atoms with Crippen molar-refractivity contribution in [2.45, 2.75) is 25.8 Å². The average molecular weight is 463 g/mol. The fourth-order valence-corrected chi connectivity index (χ4v) is 3.44. The molecule has 0 spiro atoms. The van der Waals surface area contributed by atoms with E-state index in [2.05, 4.69) is 15.3 Å². The predicted molar refractivity (Wildman–Crippen MR) is 124 cm³/mol. The molecule has 0 aliphatic heterocycles. The van der Waals surface area contributed by atoms with Crippen molar-refractivity contribution >= 4 is 17.8 Å². The number of carboxylic acids is 1. The van der Waals surface area contributed by atoms with Crippen LogP contribution >= 0.6 is 0 Å². The molecule has 1 heterocycles. The zero-order valence-corrected chi connectivity index (χ0v) is 18.9. The Bertz CT molecular complexity index is 1160. The van der Waals surface area contributed by atoms with E-state index in [1.165, 1.54) is 0 Å². The molecular weight excluding hydrogens is 438 g/mol. The number of amides is 1. The smallest absolute Gasteiger partial charge is 0.354 e. The van der Waals surface area contributed by atoms with Crippen LogP contribution in [0.1, 0.15) is 39.9 Å². The molecule has 0 bridgehead atoms. The summed E-state index contributed by atoms with van der Waals surface area (Å²) in [5, 5.41) is 11.9. The number of carbonyl (C=O) groups is 3. The third-order valence-corrected chi connectivity index (χ3v) is 5.03. The highest BCUT2D eigenvalue weighted by molar-refractivity contribution is 5.95. The number of hydrogen-bond acceptors (Lipinski definition) is 7. The Hall–Kier alpha value is -4.27. The molecule has 9 heteroatoms. The second kappa shape index (κ2) is 11.6. The summed E-state index contributed by atoms with van der Waals surface area (Å²) < 4.78 is 10.5. The van der Waals surface area contributed by atoms with Gasteiger partial charge in [0.05, 0.1) is 20.1 Å². The summed E-state index contributed by atoms with van der Waals surface area (Å²) in [6, 6.07) is 15.9. The second-order valence-electron chi connectivity index (χ2n) is 7.37. The van der Waals surface area contributed by atoms with Crippen molar-refractivity contribution in [3.8, 4) is 16.9 Å². The van der Waals surface area contributed by atoms with Crippen LogP contribution in [0.2, 0.25) is 0 Å². The van der Waals surface area contributed by atoms with Crippen molar-refractivity contribution in [2.24, 2.45) is 0 Å². The van der Waals surface area contributed by atoms with Gasteiger partial charge in [0, 0.05) is 17.7 Å². The minimum Gasteiger partial charge on any atom is -0.496 e. The minimum atomic E-state index is -1.27. The number of aromatic carboxylic acids is 1. The Morgan fingerprint density at radius 1 is 1.03 bits per heavy atom. The van der Waals surface area contributed by atoms with Gasteiger partial charge in [-0.05, 0) is 30.5 Å². The maximum absolute atomic E-state index is 12.7. The number of aromatic nitrogens is 2. The van der Waals surface area contributed by atoms with E-state index in [-0.39, 0.29) is 24.4 Å². The minimum absolute atomic E-state index is 0.0509. The first-order valence-corrected chi connectivity index (χ1v) is 10.7. The number of rotatable bonds is 10. The lowest BCUT2D eigenvalue weighted by Crippen LogP contribution is -2.39. The molecule has 0 saturated carbocycles. The Kier molecular flexibility index (Phi) is 8.28. The van der Waals surface area contributed by atoms with Crippen LogP contribution in [0, 0.1) is 0 Å². The molecular formula is C25H25N3O6. The molecule has 0 saturated heterocycles. The van der Waals surface area contributed by atoms with Gasteiger partial charge in [-0.2, -0.15) is 0 Å². The van der Waals surface area contributed by atoms with Crippen LogP contribution in [-0.4, -0.2) is 52.7 Å². The molecule has 3 rings (SSSR count). The zero-order valence-electron chi connectivity index (χ0n) is 18.9. The molecule has 9 nitrogen and oxygen atoms in total. The van der Waals surface area contributed by atoms with Crippen molar-refractivity contribution in [3.05, 3.63) is 77.9 Å². The molecule has 34 heavy (non-hydrogen) atoms. The molecule has 0 unspecified atom stereocenters. The van der Waals surface area contributed by atoms with Crippen LogP contribution in [0.5, 0.6) is 5.75 Å². The first kappa shape index (κ1) is 24.4. The van der Waals surface area contributed by atoms with Gasteiger partial charge in [-0.1, -0.05) is 42.5 Å². The molecule has 2 N–H and O–H groups in total. The molecule has 3 aromatic rings. The van der Waals surface area contributed by atoms with Crippen molar-refractivity contribution in [1.82, 2.24) is 15.3 Å². The number of nitrogens with one attached hydrogen (secondary N) is 1. The normalized spacial score (nSPS) is 11.4. The predicted octanol–water partition coefficient (Wildman–Crippen LogP) is 3.14. The summed E-state index contributed by atoms with van der Waals surface area (Å²) in [6.45, 7) is 1.93. The van der Waals surface area contributed by atoms with Crippen LogP contribution in [0.15, 0.2) is 60.9 Å². The van der Waals surface area contributed by atoms with Gasteiger partial charge in [0.1, 0.15) is 17.8 Å². The van der Waals surface area contributed by atoms with E-state index in [9.17, 15) is 14.4 Å². The standard InChI is InChI=1S/C25H25N3O6/c1-3-34-23(29)13-18(28-24(30)20-14-21(25(31)32)27-15-26-20)12-16-8-10-17(11-9-16)19-6-4-5-7-22(19)33-2/h4-11,14-15,18H,3,12-13H2,1-2H3,(H,28,30)(H,31,32)/t18-/m1/s1. The summed E-state index contributed by atoms with van der Waals surface area (Å²) >= 11 is 0. The van der Waals surface area contributed by atoms with Gasteiger partial charge in [0.2, 0.25) is 0 Å². The van der Waals surface area contributed by atoms with Crippen molar-refractivity contribution in [2.75, 3.05) is 13.7 Å². The quantitative estimate of drug-likeness (QED) is 0.439. The van der Waals surface area contributed by atoms with Crippen LogP contribution in [0.25, 0.3) is 11.1 Å². The van der Waals surface area contributed by atoms with Crippen LogP contribution < -0.4 is 10.1 Å². The topological polar surface area (TPSA) is 128 Å². The first-order chi connectivity index (χ1) is 16.4. The molecule has 176 valence electrons. The Balaban J connectivity index is 1.78. The number of hydrogen-bond donors (Lipinski definition) is 2. The summed E-state index contributed by atoms with van der Waals surface area (Å²) in [7, 11) is 1.62. The maximum Gasteiger partial charge on any atom is 0.354 e. The van der Waals surface area contributed by atoms with E-state index in [1.807, 2.05) is 48.5 Å². The van der Waals surface area contributed by atoms with Crippen molar-refractivity contribution in [1.29, 1.82) is 0 Å². The summed E-state index contributed by atoms with van der Waals surface area (Å²) in [5.74, 6) is -1.57. The van der Waals surface area contributed by atoms with Crippen LogP contribution in [-0.2, 0) is 16.0 Å². The van der Waals surface area contributed by atoms with E-state index in [0.717, 1.165) is 34.8 Å².